The zero-order valence-corrected chi connectivity index (χ0v) is 8.88. The molecule has 0 aliphatic carbocycles. The molecule has 0 saturated heterocycles. The zero-order valence-electron chi connectivity index (χ0n) is 8.88. The molecule has 0 amide bonds. The van der Waals surface area contributed by atoms with Crippen molar-refractivity contribution in [2.45, 2.75) is 13.8 Å². The average molecular weight is 218 g/mol. The molecule has 0 radical (unpaired) electrons. The first-order valence-electron chi connectivity index (χ1n) is 4.66. The van der Waals surface area contributed by atoms with Gasteiger partial charge in [0.05, 0.1) is 0 Å². The minimum atomic E-state index is -1.02. The van der Waals surface area contributed by atoms with Gasteiger partial charge in [0.15, 0.2) is 5.82 Å². The van der Waals surface area contributed by atoms with Gasteiger partial charge in [-0.2, -0.15) is 5.10 Å². The van der Waals surface area contributed by atoms with Gasteiger partial charge in [0.2, 0.25) is 0 Å². The van der Waals surface area contributed by atoms with Crippen LogP contribution in [0, 0.1) is 13.8 Å². The van der Waals surface area contributed by atoms with E-state index in [-0.39, 0.29) is 5.56 Å². The molecule has 0 fully saturated rings. The van der Waals surface area contributed by atoms with Crippen molar-refractivity contribution in [3.05, 3.63) is 35.5 Å². The summed E-state index contributed by atoms with van der Waals surface area (Å²) in [5.74, 6) is -0.724. The third kappa shape index (κ3) is 1.65. The Labute approximate surface area is 91.6 Å². The van der Waals surface area contributed by atoms with Crippen LogP contribution >= 0.6 is 0 Å². The lowest BCUT2D eigenvalue weighted by molar-refractivity contribution is 0.0695. The van der Waals surface area contributed by atoms with Crippen LogP contribution in [0.4, 0.5) is 0 Å². The molecule has 0 atom stereocenters. The van der Waals surface area contributed by atoms with E-state index >= 15 is 0 Å². The van der Waals surface area contributed by atoms with Gasteiger partial charge in [-0.15, -0.1) is 0 Å². The minimum Gasteiger partial charge on any atom is -0.478 e. The predicted octanol–water partition coefficient (Wildman–Crippen LogP) is 0.977. The Kier molecular flexibility index (Phi) is 2.40. The van der Waals surface area contributed by atoms with Gasteiger partial charge in [0.25, 0.3) is 0 Å². The largest absolute Gasteiger partial charge is 0.478 e. The van der Waals surface area contributed by atoms with Crippen LogP contribution in [0.5, 0.6) is 0 Å². The van der Waals surface area contributed by atoms with Crippen LogP contribution in [-0.2, 0) is 0 Å². The molecule has 0 aliphatic heterocycles. The summed E-state index contributed by atoms with van der Waals surface area (Å²) < 4.78 is 1.35. The highest BCUT2D eigenvalue weighted by molar-refractivity contribution is 5.92. The standard InChI is InChI=1S/C10H10N4O2/c1-6-3-7(2)13-9(8(6)10(15)16)14-5-11-4-12-14/h3-5H,1-2H3,(H,15,16). The van der Waals surface area contributed by atoms with Crippen LogP contribution in [0.25, 0.3) is 5.82 Å². The van der Waals surface area contributed by atoms with Gasteiger partial charge in [-0.25, -0.2) is 19.4 Å². The highest BCUT2D eigenvalue weighted by Crippen LogP contribution is 2.16. The fraction of sp³-hybridized carbons (Fsp3) is 0.200. The van der Waals surface area contributed by atoms with Gasteiger partial charge in [0, 0.05) is 5.69 Å². The summed E-state index contributed by atoms with van der Waals surface area (Å²) >= 11 is 0. The maximum absolute atomic E-state index is 11.1. The Bertz CT molecular complexity index is 534. The van der Waals surface area contributed by atoms with Gasteiger partial charge in [-0.1, -0.05) is 0 Å². The van der Waals surface area contributed by atoms with Gasteiger partial charge in [0.1, 0.15) is 18.2 Å². The number of aromatic nitrogens is 4. The predicted molar refractivity (Wildman–Crippen MR) is 55.6 cm³/mol. The highest BCUT2D eigenvalue weighted by atomic mass is 16.4. The van der Waals surface area contributed by atoms with Crippen LogP contribution < -0.4 is 0 Å². The summed E-state index contributed by atoms with van der Waals surface area (Å²) in [4.78, 5) is 19.1. The quantitative estimate of drug-likeness (QED) is 0.812. The number of carbonyl (C=O) groups is 1. The van der Waals surface area contributed by atoms with E-state index in [4.69, 9.17) is 5.11 Å². The third-order valence-corrected chi connectivity index (χ3v) is 2.18. The van der Waals surface area contributed by atoms with Crippen molar-refractivity contribution in [2.75, 3.05) is 0 Å². The van der Waals surface area contributed by atoms with Crippen molar-refractivity contribution in [1.29, 1.82) is 0 Å². The summed E-state index contributed by atoms with van der Waals surface area (Å²) in [5, 5.41) is 13.0. The van der Waals surface area contributed by atoms with Crippen molar-refractivity contribution < 1.29 is 9.90 Å². The number of hydrogen-bond acceptors (Lipinski definition) is 4. The molecule has 16 heavy (non-hydrogen) atoms. The molecule has 1 N–H and O–H groups in total. The first-order valence-corrected chi connectivity index (χ1v) is 4.66. The smallest absolute Gasteiger partial charge is 0.339 e. The first-order chi connectivity index (χ1) is 7.59. The molecule has 0 aliphatic rings. The second kappa shape index (κ2) is 3.73. The topological polar surface area (TPSA) is 80.9 Å². The average Bonchev–Trinajstić information content (AvgIpc) is 2.67. The molecule has 0 bridgehead atoms. The van der Waals surface area contributed by atoms with Crippen molar-refractivity contribution in [1.82, 2.24) is 19.7 Å². The maximum Gasteiger partial charge on any atom is 0.339 e. The van der Waals surface area contributed by atoms with E-state index in [0.29, 0.717) is 11.4 Å². The molecule has 2 aromatic rings. The molecule has 2 heterocycles. The van der Waals surface area contributed by atoms with Crippen LogP contribution in [0.1, 0.15) is 21.6 Å². The van der Waals surface area contributed by atoms with Crippen molar-refractivity contribution in [3.8, 4) is 5.82 Å². The Morgan fingerprint density at radius 3 is 2.75 bits per heavy atom. The van der Waals surface area contributed by atoms with Gasteiger partial charge >= 0.3 is 5.97 Å². The molecule has 2 rings (SSSR count). The molecule has 2 aromatic heterocycles. The SMILES string of the molecule is Cc1cc(C)c(C(=O)O)c(-n2cncn2)n1. The number of aromatic carboxylic acids is 1. The summed E-state index contributed by atoms with van der Waals surface area (Å²) in [5.41, 5.74) is 1.55. The number of pyridine rings is 1. The minimum absolute atomic E-state index is 0.149. The zero-order chi connectivity index (χ0) is 11.7. The second-order valence-corrected chi connectivity index (χ2v) is 3.42. The number of carboxylic acids is 1. The molecule has 6 heteroatoms. The van der Waals surface area contributed by atoms with Gasteiger partial charge < -0.3 is 5.11 Å². The lowest BCUT2D eigenvalue weighted by Crippen LogP contribution is -2.11. The first kappa shape index (κ1) is 10.3. The van der Waals surface area contributed by atoms with E-state index in [2.05, 4.69) is 15.1 Å². The van der Waals surface area contributed by atoms with E-state index < -0.39 is 5.97 Å². The molecule has 82 valence electrons. The van der Waals surface area contributed by atoms with Crippen LogP contribution in [0.3, 0.4) is 0 Å². The number of hydrogen-bond donors (Lipinski definition) is 1. The molecule has 6 nitrogen and oxygen atoms in total. The van der Waals surface area contributed by atoms with Crippen LogP contribution in [0.2, 0.25) is 0 Å². The highest BCUT2D eigenvalue weighted by Gasteiger charge is 2.17. The van der Waals surface area contributed by atoms with Gasteiger partial charge in [-0.05, 0) is 25.5 Å². The van der Waals surface area contributed by atoms with Crippen LogP contribution in [0.15, 0.2) is 18.7 Å². The number of nitrogens with zero attached hydrogens (tertiary/aromatic N) is 4. The second-order valence-electron chi connectivity index (χ2n) is 3.42. The van der Waals surface area contributed by atoms with E-state index in [1.54, 1.807) is 19.9 Å². The Balaban J connectivity index is 2.72. The summed E-state index contributed by atoms with van der Waals surface area (Å²) in [6, 6.07) is 1.73. The molecule has 0 unspecified atom stereocenters. The normalized spacial score (nSPS) is 10.4. The molecular formula is C10H10N4O2. The molecule has 0 saturated carbocycles. The Morgan fingerprint density at radius 2 is 2.19 bits per heavy atom. The fourth-order valence-corrected chi connectivity index (χ4v) is 1.56. The maximum atomic E-state index is 11.1. The lowest BCUT2D eigenvalue weighted by atomic mass is 10.1. The molecule has 0 aromatic carbocycles. The van der Waals surface area contributed by atoms with E-state index in [1.807, 2.05) is 0 Å². The Hall–Kier alpha value is -2.24. The number of rotatable bonds is 2. The van der Waals surface area contributed by atoms with E-state index in [0.717, 1.165) is 5.69 Å². The number of carboxylic acid groups (broad SMARTS) is 1. The van der Waals surface area contributed by atoms with E-state index in [1.165, 1.54) is 17.3 Å². The van der Waals surface area contributed by atoms with E-state index in [9.17, 15) is 4.79 Å². The van der Waals surface area contributed by atoms with Crippen molar-refractivity contribution in [2.24, 2.45) is 0 Å². The third-order valence-electron chi connectivity index (χ3n) is 2.18. The molecule has 0 spiro atoms. The fourth-order valence-electron chi connectivity index (χ4n) is 1.56. The summed E-state index contributed by atoms with van der Waals surface area (Å²) in [6.45, 7) is 3.54. The molecular weight excluding hydrogens is 208 g/mol. The number of aryl methyl sites for hydroxylation is 2. The summed E-state index contributed by atoms with van der Waals surface area (Å²) in [7, 11) is 0. The van der Waals surface area contributed by atoms with Crippen molar-refractivity contribution in [3.63, 3.8) is 0 Å². The van der Waals surface area contributed by atoms with Crippen LogP contribution in [-0.4, -0.2) is 30.8 Å². The van der Waals surface area contributed by atoms with Gasteiger partial charge in [-0.3, -0.25) is 0 Å². The lowest BCUT2D eigenvalue weighted by Gasteiger charge is -2.08. The summed E-state index contributed by atoms with van der Waals surface area (Å²) in [6.07, 6.45) is 2.76. The monoisotopic (exact) mass is 218 g/mol. The van der Waals surface area contributed by atoms with Crippen molar-refractivity contribution >= 4 is 5.97 Å². The Morgan fingerprint density at radius 1 is 1.44 bits per heavy atom.